The summed E-state index contributed by atoms with van der Waals surface area (Å²) in [5.74, 6) is -1.61. The molecule has 2 aromatic heterocycles. The number of para-hydroxylation sites is 1. The van der Waals surface area contributed by atoms with Gasteiger partial charge in [0.25, 0.3) is 5.56 Å². The van der Waals surface area contributed by atoms with Crippen molar-refractivity contribution in [2.45, 2.75) is 44.1 Å². The third-order valence-corrected chi connectivity index (χ3v) is 6.29. The molecule has 0 radical (unpaired) electrons. The van der Waals surface area contributed by atoms with E-state index in [4.69, 9.17) is 0 Å². The van der Waals surface area contributed by atoms with Gasteiger partial charge < -0.3 is 5.32 Å². The minimum absolute atomic E-state index is 0.133. The molecule has 0 aliphatic rings. The van der Waals surface area contributed by atoms with E-state index in [1.807, 2.05) is 12.1 Å². The molecule has 0 bridgehead atoms. The molecule has 1 amide bonds. The van der Waals surface area contributed by atoms with Crippen molar-refractivity contribution in [3.8, 4) is 0 Å². The molecule has 2 heterocycles. The van der Waals surface area contributed by atoms with Gasteiger partial charge in [0.05, 0.1) is 16.2 Å². The van der Waals surface area contributed by atoms with Gasteiger partial charge in [-0.1, -0.05) is 37.7 Å². The number of fused-ring (bicyclic) bond motifs is 3. The van der Waals surface area contributed by atoms with Crippen LogP contribution in [0.25, 0.3) is 16.7 Å². The first kappa shape index (κ1) is 22.9. The normalized spacial score (nSPS) is 12.5. The SMILES string of the molecule is CC(C)CCn1c(=O)c2ccccc2n2c(SC(C)C(=O)Nc3ccc(F)c(F)c3)nnc12. The first-order chi connectivity index (χ1) is 15.8. The highest BCUT2D eigenvalue weighted by molar-refractivity contribution is 8.00. The largest absolute Gasteiger partial charge is 0.325 e. The highest BCUT2D eigenvalue weighted by Gasteiger charge is 2.22. The maximum Gasteiger partial charge on any atom is 0.262 e. The molecule has 0 aliphatic heterocycles. The Kier molecular flexibility index (Phi) is 6.46. The molecule has 1 unspecified atom stereocenters. The number of hydrogen-bond donors (Lipinski definition) is 1. The summed E-state index contributed by atoms with van der Waals surface area (Å²) in [4.78, 5) is 25.8. The summed E-state index contributed by atoms with van der Waals surface area (Å²) in [7, 11) is 0. The number of benzene rings is 2. The Morgan fingerprint density at radius 1 is 1.09 bits per heavy atom. The van der Waals surface area contributed by atoms with Crippen molar-refractivity contribution in [3.63, 3.8) is 0 Å². The second-order valence-corrected chi connectivity index (χ2v) is 9.46. The Morgan fingerprint density at radius 2 is 1.85 bits per heavy atom. The Hall–Kier alpha value is -3.27. The summed E-state index contributed by atoms with van der Waals surface area (Å²) in [5, 5.41) is 11.5. The summed E-state index contributed by atoms with van der Waals surface area (Å²) >= 11 is 1.16. The zero-order valence-corrected chi connectivity index (χ0v) is 19.2. The highest BCUT2D eigenvalue weighted by atomic mass is 32.2. The molecule has 0 fully saturated rings. The van der Waals surface area contributed by atoms with E-state index >= 15 is 0 Å². The molecular formula is C23H23F2N5O2S. The monoisotopic (exact) mass is 471 g/mol. The number of aromatic nitrogens is 4. The van der Waals surface area contributed by atoms with Gasteiger partial charge in [0, 0.05) is 18.3 Å². The second kappa shape index (κ2) is 9.30. The lowest BCUT2D eigenvalue weighted by atomic mass is 10.1. The number of nitrogens with zero attached hydrogens (tertiary/aromatic N) is 4. The van der Waals surface area contributed by atoms with Crippen LogP contribution in [0.5, 0.6) is 0 Å². The van der Waals surface area contributed by atoms with Crippen molar-refractivity contribution in [2.75, 3.05) is 5.32 Å². The maximum atomic E-state index is 13.5. The van der Waals surface area contributed by atoms with E-state index in [0.29, 0.717) is 34.3 Å². The minimum atomic E-state index is -1.04. The fourth-order valence-corrected chi connectivity index (χ4v) is 4.28. The van der Waals surface area contributed by atoms with Crippen LogP contribution in [-0.2, 0) is 11.3 Å². The van der Waals surface area contributed by atoms with E-state index < -0.39 is 22.8 Å². The maximum absolute atomic E-state index is 13.5. The van der Waals surface area contributed by atoms with Gasteiger partial charge in [0.15, 0.2) is 16.8 Å². The summed E-state index contributed by atoms with van der Waals surface area (Å²) in [6.07, 6.45) is 0.802. The van der Waals surface area contributed by atoms with Gasteiger partial charge in [-0.25, -0.2) is 8.78 Å². The van der Waals surface area contributed by atoms with Gasteiger partial charge in [0.1, 0.15) is 0 Å². The van der Waals surface area contributed by atoms with E-state index in [2.05, 4.69) is 29.4 Å². The molecule has 10 heteroatoms. The lowest BCUT2D eigenvalue weighted by molar-refractivity contribution is -0.115. The molecule has 1 N–H and O–H groups in total. The molecule has 4 rings (SSSR count). The zero-order chi connectivity index (χ0) is 23.7. The van der Waals surface area contributed by atoms with Gasteiger partial charge in [-0.3, -0.25) is 18.6 Å². The zero-order valence-electron chi connectivity index (χ0n) is 18.4. The van der Waals surface area contributed by atoms with Crippen LogP contribution < -0.4 is 10.9 Å². The first-order valence-electron chi connectivity index (χ1n) is 10.6. The van der Waals surface area contributed by atoms with Crippen LogP contribution in [-0.4, -0.2) is 30.3 Å². The van der Waals surface area contributed by atoms with Crippen LogP contribution >= 0.6 is 11.8 Å². The summed E-state index contributed by atoms with van der Waals surface area (Å²) in [6, 6.07) is 10.4. The molecule has 33 heavy (non-hydrogen) atoms. The molecule has 7 nitrogen and oxygen atoms in total. The Balaban J connectivity index is 1.68. The number of anilines is 1. The number of hydrogen-bond acceptors (Lipinski definition) is 5. The lowest BCUT2D eigenvalue weighted by Crippen LogP contribution is -2.25. The van der Waals surface area contributed by atoms with E-state index in [1.165, 1.54) is 6.07 Å². The molecule has 1 atom stereocenters. The van der Waals surface area contributed by atoms with E-state index in [1.54, 1.807) is 28.0 Å². The molecule has 0 spiro atoms. The van der Waals surface area contributed by atoms with Gasteiger partial charge in [0.2, 0.25) is 11.7 Å². The number of amides is 1. The fourth-order valence-electron chi connectivity index (χ4n) is 3.43. The highest BCUT2D eigenvalue weighted by Crippen LogP contribution is 2.26. The van der Waals surface area contributed by atoms with Crippen LogP contribution in [0, 0.1) is 17.6 Å². The molecule has 172 valence electrons. The summed E-state index contributed by atoms with van der Waals surface area (Å²) in [6.45, 7) is 6.35. The van der Waals surface area contributed by atoms with E-state index in [0.717, 1.165) is 30.3 Å². The number of thioether (sulfide) groups is 1. The van der Waals surface area contributed by atoms with Crippen molar-refractivity contribution in [2.24, 2.45) is 5.92 Å². The van der Waals surface area contributed by atoms with E-state index in [-0.39, 0.29) is 11.2 Å². The number of aryl methyl sites for hydroxylation is 1. The molecule has 0 saturated heterocycles. The van der Waals surface area contributed by atoms with Gasteiger partial charge in [-0.15, -0.1) is 10.2 Å². The van der Waals surface area contributed by atoms with Crippen LogP contribution in [0.3, 0.4) is 0 Å². The lowest BCUT2D eigenvalue weighted by Gasteiger charge is -2.14. The van der Waals surface area contributed by atoms with Gasteiger partial charge >= 0.3 is 0 Å². The predicted octanol–water partition coefficient (Wildman–Crippen LogP) is 4.49. The molecule has 0 saturated carbocycles. The molecule has 2 aromatic carbocycles. The molecule has 4 aromatic rings. The number of halogens is 2. The summed E-state index contributed by atoms with van der Waals surface area (Å²) < 4.78 is 30.0. The average Bonchev–Trinajstić information content (AvgIpc) is 3.19. The predicted molar refractivity (Wildman–Crippen MR) is 125 cm³/mol. The van der Waals surface area contributed by atoms with Crippen molar-refractivity contribution in [1.82, 2.24) is 19.2 Å². The average molecular weight is 472 g/mol. The van der Waals surface area contributed by atoms with Crippen molar-refractivity contribution < 1.29 is 13.6 Å². The van der Waals surface area contributed by atoms with E-state index in [9.17, 15) is 18.4 Å². The summed E-state index contributed by atoms with van der Waals surface area (Å²) in [5.41, 5.74) is 0.677. The smallest absolute Gasteiger partial charge is 0.262 e. The third-order valence-electron chi connectivity index (χ3n) is 5.25. The van der Waals surface area contributed by atoms with Crippen molar-refractivity contribution in [1.29, 1.82) is 0 Å². The number of nitrogens with one attached hydrogen (secondary N) is 1. The van der Waals surface area contributed by atoms with Gasteiger partial charge in [-0.05, 0) is 43.5 Å². The van der Waals surface area contributed by atoms with Crippen LogP contribution in [0.15, 0.2) is 52.4 Å². The fraction of sp³-hybridized carbons (Fsp3) is 0.304. The Labute approximate surface area is 192 Å². The van der Waals surface area contributed by atoms with Crippen molar-refractivity contribution in [3.05, 3.63) is 64.5 Å². The first-order valence-corrected chi connectivity index (χ1v) is 11.4. The minimum Gasteiger partial charge on any atom is -0.325 e. The number of rotatable bonds is 7. The second-order valence-electron chi connectivity index (χ2n) is 8.15. The third kappa shape index (κ3) is 4.61. The number of carbonyl (C=O) groups is 1. The van der Waals surface area contributed by atoms with Crippen LogP contribution in [0.4, 0.5) is 14.5 Å². The molecular weight excluding hydrogens is 448 g/mol. The van der Waals surface area contributed by atoms with Crippen LogP contribution in [0.2, 0.25) is 0 Å². The number of carbonyl (C=O) groups excluding carboxylic acids is 1. The Bertz CT molecular complexity index is 1400. The molecule has 0 aliphatic carbocycles. The standard InChI is InChI=1S/C23H23F2N5O2S/c1-13(2)10-11-29-21(32)16-6-4-5-7-19(16)30-22(29)27-28-23(30)33-14(3)20(31)26-15-8-9-17(24)18(25)12-15/h4-9,12-14H,10-11H2,1-3H3,(H,26,31). The van der Waals surface area contributed by atoms with Gasteiger partial charge in [-0.2, -0.15) is 0 Å². The van der Waals surface area contributed by atoms with Crippen molar-refractivity contribution >= 4 is 40.0 Å². The topological polar surface area (TPSA) is 81.3 Å². The van der Waals surface area contributed by atoms with Crippen LogP contribution in [0.1, 0.15) is 27.2 Å². The Morgan fingerprint density at radius 3 is 2.58 bits per heavy atom. The quantitative estimate of drug-likeness (QED) is 0.402.